The van der Waals surface area contributed by atoms with Gasteiger partial charge in [0.15, 0.2) is 5.96 Å². The minimum absolute atomic E-state index is 0.0845. The third-order valence-corrected chi connectivity index (χ3v) is 5.69. The third-order valence-electron chi connectivity index (χ3n) is 4.45. The van der Waals surface area contributed by atoms with Crippen molar-refractivity contribution in [3.8, 4) is 0 Å². The summed E-state index contributed by atoms with van der Waals surface area (Å²) in [6.07, 6.45) is 0.219. The van der Waals surface area contributed by atoms with Gasteiger partial charge in [-0.25, -0.2) is 0 Å². The van der Waals surface area contributed by atoms with E-state index < -0.39 is 0 Å². The molecule has 0 saturated carbocycles. The van der Waals surface area contributed by atoms with Crippen molar-refractivity contribution in [3.63, 3.8) is 0 Å². The number of nitrogens with one attached hydrogen (secondary N) is 2. The van der Waals surface area contributed by atoms with E-state index >= 15 is 0 Å². The van der Waals surface area contributed by atoms with Crippen molar-refractivity contribution in [2.75, 3.05) is 46.4 Å². The Morgan fingerprint density at radius 3 is 2.88 bits per heavy atom. The van der Waals surface area contributed by atoms with E-state index in [0.29, 0.717) is 5.92 Å². The van der Waals surface area contributed by atoms with Crippen molar-refractivity contribution in [3.05, 3.63) is 22.4 Å². The first-order valence-corrected chi connectivity index (χ1v) is 10.1. The summed E-state index contributed by atoms with van der Waals surface area (Å²) >= 11 is 1.80. The normalized spacial score (nSPS) is 20.1. The van der Waals surface area contributed by atoms with Crippen LogP contribution in [0, 0.1) is 5.92 Å². The van der Waals surface area contributed by atoms with Gasteiger partial charge in [0.1, 0.15) is 0 Å². The molecule has 5 nitrogen and oxygen atoms in total. The van der Waals surface area contributed by atoms with Crippen molar-refractivity contribution in [2.45, 2.75) is 39.2 Å². The summed E-state index contributed by atoms with van der Waals surface area (Å²) in [6.45, 7) is 14.7. The van der Waals surface area contributed by atoms with Gasteiger partial charge in [-0.1, -0.05) is 33.8 Å². The molecule has 0 amide bonds. The lowest BCUT2D eigenvalue weighted by Gasteiger charge is -2.34. The van der Waals surface area contributed by atoms with Crippen molar-refractivity contribution >= 4 is 17.3 Å². The van der Waals surface area contributed by atoms with Gasteiger partial charge >= 0.3 is 0 Å². The number of thiophene rings is 1. The van der Waals surface area contributed by atoms with Crippen LogP contribution in [-0.2, 0) is 10.2 Å². The lowest BCUT2D eigenvalue weighted by atomic mass is 9.91. The molecule has 142 valence electrons. The van der Waals surface area contributed by atoms with E-state index in [1.54, 1.807) is 11.3 Å². The first-order valence-electron chi connectivity index (χ1n) is 9.23. The molecular weight excluding hydrogens is 332 g/mol. The zero-order valence-corrected chi connectivity index (χ0v) is 17.2. The molecule has 2 N–H and O–H groups in total. The summed E-state index contributed by atoms with van der Waals surface area (Å²) < 4.78 is 5.90. The number of ether oxygens (including phenoxy) is 1. The molecule has 1 saturated heterocycles. The third kappa shape index (κ3) is 6.60. The lowest BCUT2D eigenvalue weighted by molar-refractivity contribution is -0.0284. The van der Waals surface area contributed by atoms with Crippen LogP contribution in [0.2, 0.25) is 0 Å². The maximum Gasteiger partial charge on any atom is 0.191 e. The fourth-order valence-corrected chi connectivity index (χ4v) is 3.92. The smallest absolute Gasteiger partial charge is 0.191 e. The summed E-state index contributed by atoms with van der Waals surface area (Å²) in [4.78, 5) is 8.23. The zero-order valence-electron chi connectivity index (χ0n) is 16.3. The van der Waals surface area contributed by atoms with Crippen molar-refractivity contribution in [1.82, 2.24) is 15.5 Å². The molecule has 1 aromatic heterocycles. The number of aliphatic imine (C=N–C) groups is 1. The predicted molar refractivity (Wildman–Crippen MR) is 108 cm³/mol. The van der Waals surface area contributed by atoms with Crippen molar-refractivity contribution in [1.29, 1.82) is 0 Å². The van der Waals surface area contributed by atoms with E-state index in [4.69, 9.17) is 4.74 Å². The Bertz CT molecular complexity index is 528. The van der Waals surface area contributed by atoms with Gasteiger partial charge in [-0.05, 0) is 17.4 Å². The summed E-state index contributed by atoms with van der Waals surface area (Å²) in [5.41, 5.74) is 0.0845. The Morgan fingerprint density at radius 1 is 1.44 bits per heavy atom. The van der Waals surface area contributed by atoms with Crippen LogP contribution >= 0.6 is 11.3 Å². The van der Waals surface area contributed by atoms with Gasteiger partial charge in [-0.3, -0.25) is 9.89 Å². The van der Waals surface area contributed by atoms with Gasteiger partial charge in [0.2, 0.25) is 0 Å². The van der Waals surface area contributed by atoms with Crippen molar-refractivity contribution < 1.29 is 4.74 Å². The minimum atomic E-state index is 0.0845. The van der Waals surface area contributed by atoms with Crippen LogP contribution in [0.15, 0.2) is 22.5 Å². The highest BCUT2D eigenvalue weighted by molar-refractivity contribution is 7.10. The van der Waals surface area contributed by atoms with E-state index in [1.165, 1.54) is 4.88 Å². The zero-order chi connectivity index (χ0) is 18.3. The van der Waals surface area contributed by atoms with Crippen LogP contribution in [0.3, 0.4) is 0 Å². The quantitative estimate of drug-likeness (QED) is 0.575. The number of hydrogen-bond donors (Lipinski definition) is 2. The van der Waals surface area contributed by atoms with Crippen LogP contribution in [0.1, 0.15) is 32.6 Å². The van der Waals surface area contributed by atoms with Crippen molar-refractivity contribution in [2.24, 2.45) is 10.9 Å². The molecule has 6 heteroatoms. The number of morpholine rings is 1. The Morgan fingerprint density at radius 2 is 2.24 bits per heavy atom. The molecule has 0 aliphatic carbocycles. The summed E-state index contributed by atoms with van der Waals surface area (Å²) in [7, 11) is 1.82. The standard InChI is InChI=1S/C19H34N4OS/c1-15(2)12-23-8-9-24-16(13-23)11-21-18(20-5)22-14-19(3,4)17-7-6-10-25-17/h6-7,10,15-16H,8-9,11-14H2,1-5H3,(H2,20,21,22). The topological polar surface area (TPSA) is 48.9 Å². The van der Waals surface area contributed by atoms with Crippen LogP contribution in [-0.4, -0.2) is 63.3 Å². The van der Waals surface area contributed by atoms with E-state index in [0.717, 1.165) is 45.3 Å². The molecule has 0 spiro atoms. The first-order chi connectivity index (χ1) is 11.9. The summed E-state index contributed by atoms with van der Waals surface area (Å²) in [6, 6.07) is 4.31. The second kappa shape index (κ2) is 9.55. The molecular formula is C19H34N4OS. The second-order valence-electron chi connectivity index (χ2n) is 7.81. The molecule has 1 unspecified atom stereocenters. The maximum atomic E-state index is 5.90. The number of rotatable bonds is 7. The fraction of sp³-hybridized carbons (Fsp3) is 0.737. The monoisotopic (exact) mass is 366 g/mol. The highest BCUT2D eigenvalue weighted by Gasteiger charge is 2.23. The SMILES string of the molecule is CN=C(NCC1CN(CC(C)C)CCO1)NCC(C)(C)c1cccs1. The van der Waals surface area contributed by atoms with Crippen LogP contribution in [0.25, 0.3) is 0 Å². The molecule has 2 rings (SSSR count). The molecule has 1 aromatic rings. The molecule has 1 fully saturated rings. The average Bonchev–Trinajstić information content (AvgIpc) is 3.10. The Labute approximate surface area is 156 Å². The second-order valence-corrected chi connectivity index (χ2v) is 8.76. The summed E-state index contributed by atoms with van der Waals surface area (Å²) in [5, 5.41) is 9.01. The molecule has 1 aliphatic rings. The number of guanidine groups is 1. The van der Waals surface area contributed by atoms with E-state index in [1.807, 2.05) is 7.05 Å². The molecule has 0 aromatic carbocycles. The van der Waals surface area contributed by atoms with Crippen LogP contribution < -0.4 is 10.6 Å². The van der Waals surface area contributed by atoms with Crippen LogP contribution in [0.5, 0.6) is 0 Å². The molecule has 25 heavy (non-hydrogen) atoms. The minimum Gasteiger partial charge on any atom is -0.374 e. The van der Waals surface area contributed by atoms with E-state index in [-0.39, 0.29) is 11.5 Å². The number of hydrogen-bond acceptors (Lipinski definition) is 4. The Balaban J connectivity index is 1.76. The number of nitrogens with zero attached hydrogens (tertiary/aromatic N) is 2. The maximum absolute atomic E-state index is 5.90. The highest BCUT2D eigenvalue weighted by atomic mass is 32.1. The molecule has 1 aliphatic heterocycles. The average molecular weight is 367 g/mol. The summed E-state index contributed by atoms with van der Waals surface area (Å²) in [5.74, 6) is 1.54. The largest absolute Gasteiger partial charge is 0.374 e. The Kier molecular flexibility index (Phi) is 7.72. The van der Waals surface area contributed by atoms with Gasteiger partial charge in [-0.2, -0.15) is 0 Å². The van der Waals surface area contributed by atoms with Gasteiger partial charge < -0.3 is 15.4 Å². The Hall–Kier alpha value is -1.11. The van der Waals surface area contributed by atoms with Crippen LogP contribution in [0.4, 0.5) is 0 Å². The van der Waals surface area contributed by atoms with Gasteiger partial charge in [0, 0.05) is 50.1 Å². The molecule has 2 heterocycles. The van der Waals surface area contributed by atoms with E-state index in [2.05, 4.69) is 65.7 Å². The molecule has 1 atom stereocenters. The molecule has 0 bridgehead atoms. The van der Waals surface area contributed by atoms with Gasteiger partial charge in [0.05, 0.1) is 12.7 Å². The highest BCUT2D eigenvalue weighted by Crippen LogP contribution is 2.26. The van der Waals surface area contributed by atoms with Gasteiger partial charge in [-0.15, -0.1) is 11.3 Å². The van der Waals surface area contributed by atoms with E-state index in [9.17, 15) is 0 Å². The first kappa shape index (κ1) is 20.2. The lowest BCUT2D eigenvalue weighted by Crippen LogP contribution is -2.51. The fourth-order valence-electron chi connectivity index (χ4n) is 3.07. The predicted octanol–water partition coefficient (Wildman–Crippen LogP) is 2.55. The molecule has 0 radical (unpaired) electrons. The van der Waals surface area contributed by atoms with Gasteiger partial charge in [0.25, 0.3) is 0 Å².